The van der Waals surface area contributed by atoms with Gasteiger partial charge in [-0.15, -0.1) is 0 Å². The zero-order valence-electron chi connectivity index (χ0n) is 14.3. The van der Waals surface area contributed by atoms with Crippen LogP contribution in [0.1, 0.15) is 0 Å². The number of methoxy groups -OCH3 is 1. The molecule has 0 saturated heterocycles. The highest BCUT2D eigenvalue weighted by Crippen LogP contribution is 2.43. The van der Waals surface area contributed by atoms with E-state index in [0.717, 1.165) is 22.5 Å². The number of fused-ring (bicyclic) bond motifs is 5. The Morgan fingerprint density at radius 1 is 1.04 bits per heavy atom. The molecule has 5 rings (SSSR count). The first-order chi connectivity index (χ1) is 13.3. The summed E-state index contributed by atoms with van der Waals surface area (Å²) in [5.74, 6) is 1.08. The summed E-state index contributed by atoms with van der Waals surface area (Å²) in [5.41, 5.74) is 4.25. The summed E-state index contributed by atoms with van der Waals surface area (Å²) in [7, 11) is 1.51. The molecule has 3 aromatic heterocycles. The summed E-state index contributed by atoms with van der Waals surface area (Å²) in [6, 6.07) is 10.4. The molecule has 0 atom stereocenters. The Morgan fingerprint density at radius 3 is 2.85 bits per heavy atom. The summed E-state index contributed by atoms with van der Waals surface area (Å²) >= 11 is 0. The Bertz CT molecular complexity index is 1110. The third-order valence-corrected chi connectivity index (χ3v) is 4.54. The van der Waals surface area contributed by atoms with E-state index in [9.17, 15) is 4.39 Å². The van der Waals surface area contributed by atoms with Crippen LogP contribution in [-0.4, -0.2) is 27.0 Å². The van der Waals surface area contributed by atoms with Crippen LogP contribution >= 0.6 is 0 Å². The number of nitrogens with one attached hydrogen (secondary N) is 2. The summed E-state index contributed by atoms with van der Waals surface area (Å²) in [6.45, 7) is 0. The SMILES string of the molecule is COc1cccc(F)c1-c1nc2c([nH]1)-c1ccncc1Nc1ncccc1-2. The molecule has 0 radical (unpaired) electrons. The maximum absolute atomic E-state index is 14.6. The molecule has 132 valence electrons. The maximum atomic E-state index is 14.6. The predicted octanol–water partition coefficient (Wildman–Crippen LogP) is 4.41. The molecule has 0 fully saturated rings. The average Bonchev–Trinajstić information content (AvgIpc) is 3.08. The van der Waals surface area contributed by atoms with Crippen molar-refractivity contribution in [3.8, 4) is 39.7 Å². The quantitative estimate of drug-likeness (QED) is 0.488. The van der Waals surface area contributed by atoms with Crippen molar-refractivity contribution < 1.29 is 9.13 Å². The molecule has 2 N–H and O–H groups in total. The Hall–Kier alpha value is -3.74. The normalized spacial score (nSPS) is 11.6. The number of hydrogen-bond acceptors (Lipinski definition) is 5. The van der Waals surface area contributed by atoms with Crippen molar-refractivity contribution in [2.45, 2.75) is 0 Å². The zero-order chi connectivity index (χ0) is 18.4. The molecule has 0 saturated carbocycles. The van der Waals surface area contributed by atoms with E-state index in [1.165, 1.54) is 13.2 Å². The van der Waals surface area contributed by atoms with Crippen LogP contribution in [0.2, 0.25) is 0 Å². The number of imidazole rings is 1. The van der Waals surface area contributed by atoms with Crippen LogP contribution in [0.3, 0.4) is 0 Å². The molecule has 0 unspecified atom stereocenters. The fraction of sp³-hybridized carbons (Fsp3) is 0.0500. The maximum Gasteiger partial charge on any atom is 0.145 e. The minimum absolute atomic E-state index is 0.294. The zero-order valence-corrected chi connectivity index (χ0v) is 14.3. The van der Waals surface area contributed by atoms with Gasteiger partial charge in [0.05, 0.1) is 30.3 Å². The van der Waals surface area contributed by atoms with E-state index in [1.807, 2.05) is 18.2 Å². The minimum atomic E-state index is -0.405. The van der Waals surface area contributed by atoms with E-state index in [0.29, 0.717) is 28.6 Å². The summed E-state index contributed by atoms with van der Waals surface area (Å²) in [6.07, 6.45) is 5.14. The number of anilines is 2. The number of ether oxygens (including phenoxy) is 1. The van der Waals surface area contributed by atoms with Gasteiger partial charge in [-0.2, -0.15) is 0 Å². The molecule has 1 aromatic carbocycles. The van der Waals surface area contributed by atoms with Crippen LogP contribution in [0.15, 0.2) is 55.0 Å². The number of aromatic amines is 1. The van der Waals surface area contributed by atoms with Crippen molar-refractivity contribution in [1.82, 2.24) is 19.9 Å². The van der Waals surface area contributed by atoms with Crippen LogP contribution in [0.5, 0.6) is 5.75 Å². The molecule has 4 heterocycles. The van der Waals surface area contributed by atoms with Gasteiger partial charge in [0.2, 0.25) is 0 Å². The van der Waals surface area contributed by atoms with Gasteiger partial charge in [0.15, 0.2) is 0 Å². The van der Waals surface area contributed by atoms with Crippen molar-refractivity contribution in [3.05, 3.63) is 60.8 Å². The third-order valence-electron chi connectivity index (χ3n) is 4.54. The largest absolute Gasteiger partial charge is 0.496 e. The molecule has 27 heavy (non-hydrogen) atoms. The lowest BCUT2D eigenvalue weighted by Gasteiger charge is -2.09. The molecule has 1 aliphatic rings. The van der Waals surface area contributed by atoms with Crippen LogP contribution in [0, 0.1) is 5.82 Å². The minimum Gasteiger partial charge on any atom is -0.496 e. The Kier molecular flexibility index (Phi) is 3.39. The molecule has 0 spiro atoms. The van der Waals surface area contributed by atoms with Gasteiger partial charge in [0.1, 0.15) is 28.9 Å². The van der Waals surface area contributed by atoms with E-state index in [2.05, 4.69) is 20.3 Å². The number of H-pyrrole nitrogens is 1. The van der Waals surface area contributed by atoms with Gasteiger partial charge < -0.3 is 15.0 Å². The van der Waals surface area contributed by atoms with E-state index in [4.69, 9.17) is 9.72 Å². The van der Waals surface area contributed by atoms with Gasteiger partial charge in [-0.05, 0) is 30.3 Å². The average molecular weight is 359 g/mol. The molecule has 0 aliphatic carbocycles. The number of rotatable bonds is 2. The molecule has 0 bridgehead atoms. The number of benzene rings is 1. The first kappa shape index (κ1) is 15.5. The molecule has 4 aromatic rings. The number of nitrogens with zero attached hydrogens (tertiary/aromatic N) is 3. The second-order valence-electron chi connectivity index (χ2n) is 6.07. The second-order valence-corrected chi connectivity index (χ2v) is 6.07. The van der Waals surface area contributed by atoms with Gasteiger partial charge in [-0.25, -0.2) is 14.4 Å². The van der Waals surface area contributed by atoms with E-state index < -0.39 is 5.82 Å². The topological polar surface area (TPSA) is 75.7 Å². The van der Waals surface area contributed by atoms with Crippen molar-refractivity contribution in [3.63, 3.8) is 0 Å². The van der Waals surface area contributed by atoms with Crippen molar-refractivity contribution in [2.24, 2.45) is 0 Å². The first-order valence-electron chi connectivity index (χ1n) is 8.36. The molecule has 0 amide bonds. The van der Waals surface area contributed by atoms with Crippen molar-refractivity contribution in [2.75, 3.05) is 12.4 Å². The van der Waals surface area contributed by atoms with Gasteiger partial charge in [0, 0.05) is 23.5 Å². The Morgan fingerprint density at radius 2 is 1.96 bits per heavy atom. The fourth-order valence-corrected chi connectivity index (χ4v) is 3.32. The van der Waals surface area contributed by atoms with E-state index in [-0.39, 0.29) is 0 Å². The Labute approximate surface area is 154 Å². The monoisotopic (exact) mass is 359 g/mol. The summed E-state index contributed by atoms with van der Waals surface area (Å²) < 4.78 is 19.9. The molecular formula is C20H14FN5O. The smallest absolute Gasteiger partial charge is 0.145 e. The molecule has 7 heteroatoms. The van der Waals surface area contributed by atoms with Gasteiger partial charge in [-0.3, -0.25) is 4.98 Å². The third kappa shape index (κ3) is 2.36. The van der Waals surface area contributed by atoms with Crippen LogP contribution in [0.4, 0.5) is 15.9 Å². The van der Waals surface area contributed by atoms with Gasteiger partial charge >= 0.3 is 0 Å². The highest BCUT2D eigenvalue weighted by molar-refractivity contribution is 5.95. The summed E-state index contributed by atoms with van der Waals surface area (Å²) in [4.78, 5) is 16.6. The number of halogens is 1. The van der Waals surface area contributed by atoms with Crippen LogP contribution < -0.4 is 10.1 Å². The van der Waals surface area contributed by atoms with Gasteiger partial charge in [0.25, 0.3) is 0 Å². The molecular weight excluding hydrogens is 345 g/mol. The first-order valence-corrected chi connectivity index (χ1v) is 8.36. The lowest BCUT2D eigenvalue weighted by molar-refractivity contribution is 0.413. The fourth-order valence-electron chi connectivity index (χ4n) is 3.32. The van der Waals surface area contributed by atoms with E-state index in [1.54, 1.807) is 30.7 Å². The van der Waals surface area contributed by atoms with Crippen molar-refractivity contribution in [1.29, 1.82) is 0 Å². The molecule has 6 nitrogen and oxygen atoms in total. The number of pyridine rings is 2. The highest BCUT2D eigenvalue weighted by atomic mass is 19.1. The second kappa shape index (κ2) is 5.91. The number of aromatic nitrogens is 4. The molecule has 1 aliphatic heterocycles. The Balaban J connectivity index is 1.82. The van der Waals surface area contributed by atoms with E-state index >= 15 is 0 Å². The van der Waals surface area contributed by atoms with Crippen molar-refractivity contribution >= 4 is 11.5 Å². The lowest BCUT2D eigenvalue weighted by atomic mass is 10.1. The number of hydrogen-bond donors (Lipinski definition) is 2. The lowest BCUT2D eigenvalue weighted by Crippen LogP contribution is -1.96. The van der Waals surface area contributed by atoms with Gasteiger partial charge in [-0.1, -0.05) is 6.07 Å². The van der Waals surface area contributed by atoms with Crippen LogP contribution in [-0.2, 0) is 0 Å². The standard InChI is InChI=1S/C20H14FN5O/c1-27-15-6-2-5-13(21)16(15)20-25-17-11-7-9-22-10-14(11)24-19-12(18(17)26-20)4-3-8-23-19/h2-10H,1H3,(H,23,24)(H,25,26). The predicted molar refractivity (Wildman–Crippen MR) is 100 cm³/mol. The summed E-state index contributed by atoms with van der Waals surface area (Å²) in [5, 5.41) is 3.30. The van der Waals surface area contributed by atoms with Crippen LogP contribution in [0.25, 0.3) is 33.9 Å². The highest BCUT2D eigenvalue weighted by Gasteiger charge is 2.25.